The van der Waals surface area contributed by atoms with Crippen LogP contribution < -0.4 is 25.0 Å². The molecule has 0 aromatic heterocycles. The number of likely N-dealkylation sites (N-methyl/N-ethyl adjacent to an activating group) is 1. The van der Waals surface area contributed by atoms with Crippen molar-refractivity contribution in [1.29, 1.82) is 0 Å². The van der Waals surface area contributed by atoms with Crippen LogP contribution in [0.4, 0.5) is 5.69 Å². The first-order chi connectivity index (χ1) is 14.6. The number of piperidine rings is 1. The van der Waals surface area contributed by atoms with Crippen molar-refractivity contribution in [3.8, 4) is 11.5 Å². The molecule has 1 aliphatic heterocycles. The second kappa shape index (κ2) is 11.3. The third-order valence-corrected chi connectivity index (χ3v) is 6.47. The first kappa shape index (κ1) is 22.5. The van der Waals surface area contributed by atoms with Crippen molar-refractivity contribution >= 4 is 11.6 Å². The molecular weight excluding hydrogens is 378 g/mol. The molecule has 0 amide bonds. The van der Waals surface area contributed by atoms with E-state index in [9.17, 15) is 0 Å². The van der Waals surface area contributed by atoms with Gasteiger partial charge in [-0.3, -0.25) is 4.99 Å². The van der Waals surface area contributed by atoms with Gasteiger partial charge in [-0.05, 0) is 32.7 Å². The average Bonchev–Trinajstić information content (AvgIpc) is 3.33. The van der Waals surface area contributed by atoms with Crippen molar-refractivity contribution in [3.05, 3.63) is 18.2 Å². The van der Waals surface area contributed by atoms with Crippen LogP contribution in [0.3, 0.4) is 0 Å². The Kier molecular flexibility index (Phi) is 8.49. The normalized spacial score (nSPS) is 18.7. The third kappa shape index (κ3) is 6.17. The van der Waals surface area contributed by atoms with Gasteiger partial charge in [-0.1, -0.05) is 12.8 Å². The summed E-state index contributed by atoms with van der Waals surface area (Å²) in [4.78, 5) is 9.32. The molecule has 0 spiro atoms. The lowest BCUT2D eigenvalue weighted by molar-refractivity contribution is 0.249. The van der Waals surface area contributed by atoms with E-state index in [1.165, 1.54) is 25.7 Å². The number of ether oxygens (including phenoxy) is 2. The summed E-state index contributed by atoms with van der Waals surface area (Å²) < 4.78 is 10.8. The second-order valence-corrected chi connectivity index (χ2v) is 8.39. The van der Waals surface area contributed by atoms with E-state index >= 15 is 0 Å². The Bertz CT molecular complexity index is 660. The van der Waals surface area contributed by atoms with Crippen molar-refractivity contribution in [2.45, 2.75) is 50.6 Å². The van der Waals surface area contributed by atoms with Crippen LogP contribution in [0.1, 0.15) is 38.5 Å². The maximum Gasteiger partial charge on any atom is 0.191 e. The predicted octanol–water partition coefficient (Wildman–Crippen LogP) is 2.71. The lowest BCUT2D eigenvalue weighted by Crippen LogP contribution is -2.50. The Labute approximate surface area is 181 Å². The van der Waals surface area contributed by atoms with Gasteiger partial charge in [-0.15, -0.1) is 0 Å². The van der Waals surface area contributed by atoms with Crippen LogP contribution in [0.15, 0.2) is 23.2 Å². The molecule has 2 aliphatic rings. The number of nitrogens with one attached hydrogen (secondary N) is 2. The van der Waals surface area contributed by atoms with Crippen molar-refractivity contribution in [1.82, 2.24) is 15.5 Å². The smallest absolute Gasteiger partial charge is 0.191 e. The molecule has 1 saturated carbocycles. The molecule has 7 heteroatoms. The van der Waals surface area contributed by atoms with Gasteiger partial charge in [0.15, 0.2) is 5.96 Å². The SMILES string of the molecule is CN=C(NCCN(C)C1CCCC1)NC1CCN(c2cc(OC)cc(OC)c2)CC1. The van der Waals surface area contributed by atoms with E-state index in [0.717, 1.165) is 68.2 Å². The summed E-state index contributed by atoms with van der Waals surface area (Å²) in [5, 5.41) is 7.11. The summed E-state index contributed by atoms with van der Waals surface area (Å²) in [5.74, 6) is 2.57. The number of methoxy groups -OCH3 is 2. The van der Waals surface area contributed by atoms with Crippen LogP contribution in [0.2, 0.25) is 0 Å². The van der Waals surface area contributed by atoms with E-state index in [-0.39, 0.29) is 0 Å². The molecule has 1 saturated heterocycles. The molecule has 0 radical (unpaired) electrons. The first-order valence-electron chi connectivity index (χ1n) is 11.3. The number of benzene rings is 1. The number of hydrogen-bond donors (Lipinski definition) is 2. The molecule has 2 fully saturated rings. The molecule has 168 valence electrons. The number of rotatable bonds is 8. The van der Waals surface area contributed by atoms with E-state index < -0.39 is 0 Å². The Morgan fingerprint density at radius 3 is 2.27 bits per heavy atom. The molecule has 1 heterocycles. The monoisotopic (exact) mass is 417 g/mol. The molecular formula is C23H39N5O2. The lowest BCUT2D eigenvalue weighted by atomic mass is 10.0. The highest BCUT2D eigenvalue weighted by molar-refractivity contribution is 5.80. The minimum Gasteiger partial charge on any atom is -0.497 e. The third-order valence-electron chi connectivity index (χ3n) is 6.47. The molecule has 1 aliphatic carbocycles. The van der Waals surface area contributed by atoms with Crippen LogP contribution in [-0.2, 0) is 0 Å². The van der Waals surface area contributed by atoms with Gasteiger partial charge < -0.3 is 29.9 Å². The number of nitrogens with zero attached hydrogens (tertiary/aromatic N) is 3. The Hall–Kier alpha value is -2.15. The molecule has 3 rings (SSSR count). The molecule has 7 nitrogen and oxygen atoms in total. The Morgan fingerprint density at radius 2 is 1.70 bits per heavy atom. The van der Waals surface area contributed by atoms with Crippen LogP contribution in [0.5, 0.6) is 11.5 Å². The molecule has 30 heavy (non-hydrogen) atoms. The topological polar surface area (TPSA) is 61.4 Å². The highest BCUT2D eigenvalue weighted by atomic mass is 16.5. The van der Waals surface area contributed by atoms with Crippen LogP contribution >= 0.6 is 0 Å². The highest BCUT2D eigenvalue weighted by Gasteiger charge is 2.22. The van der Waals surface area contributed by atoms with Crippen LogP contribution in [0.25, 0.3) is 0 Å². The Balaban J connectivity index is 1.43. The standard InChI is InChI=1S/C23H39N5O2/c1-24-23(25-11-14-27(2)19-7-5-6-8-19)26-18-9-12-28(13-10-18)20-15-21(29-3)17-22(16-20)30-4/h15-19H,5-14H2,1-4H3,(H2,24,25,26). The largest absolute Gasteiger partial charge is 0.497 e. The van der Waals surface area contributed by atoms with Gasteiger partial charge in [0.25, 0.3) is 0 Å². The van der Waals surface area contributed by atoms with Gasteiger partial charge >= 0.3 is 0 Å². The van der Waals surface area contributed by atoms with Gasteiger partial charge in [0.05, 0.1) is 14.2 Å². The van der Waals surface area contributed by atoms with Crippen LogP contribution in [-0.4, -0.2) is 77.4 Å². The number of anilines is 1. The van der Waals surface area contributed by atoms with Crippen molar-refractivity contribution in [2.75, 3.05) is 59.4 Å². The zero-order valence-electron chi connectivity index (χ0n) is 19.1. The summed E-state index contributed by atoms with van der Waals surface area (Å²) in [5.41, 5.74) is 1.15. The van der Waals surface area contributed by atoms with E-state index in [2.05, 4.69) is 44.6 Å². The van der Waals surface area contributed by atoms with Crippen molar-refractivity contribution in [2.24, 2.45) is 4.99 Å². The Morgan fingerprint density at radius 1 is 1.07 bits per heavy atom. The fourth-order valence-corrected chi connectivity index (χ4v) is 4.52. The van der Waals surface area contributed by atoms with E-state index in [1.807, 2.05) is 13.1 Å². The van der Waals surface area contributed by atoms with Gasteiger partial charge in [-0.2, -0.15) is 0 Å². The summed E-state index contributed by atoms with van der Waals surface area (Å²) in [7, 11) is 7.49. The molecule has 0 atom stereocenters. The number of hydrogen-bond acceptors (Lipinski definition) is 5. The molecule has 0 bridgehead atoms. The fourth-order valence-electron chi connectivity index (χ4n) is 4.52. The minimum atomic E-state index is 0.438. The van der Waals surface area contributed by atoms with Gasteiger partial charge in [0, 0.05) is 69.2 Å². The van der Waals surface area contributed by atoms with Crippen LogP contribution in [0, 0.1) is 0 Å². The zero-order valence-corrected chi connectivity index (χ0v) is 19.1. The number of aliphatic imine (C=N–C) groups is 1. The maximum absolute atomic E-state index is 5.42. The molecule has 1 aromatic carbocycles. The van der Waals surface area contributed by atoms with Gasteiger partial charge in [0.2, 0.25) is 0 Å². The molecule has 2 N–H and O–H groups in total. The van der Waals surface area contributed by atoms with Crippen molar-refractivity contribution < 1.29 is 9.47 Å². The summed E-state index contributed by atoms with van der Waals surface area (Å²) >= 11 is 0. The summed E-state index contributed by atoms with van der Waals surface area (Å²) in [6, 6.07) is 7.28. The van der Waals surface area contributed by atoms with E-state index in [1.54, 1.807) is 14.2 Å². The highest BCUT2D eigenvalue weighted by Crippen LogP contribution is 2.30. The van der Waals surface area contributed by atoms with Gasteiger partial charge in [-0.25, -0.2) is 0 Å². The maximum atomic E-state index is 5.42. The van der Waals surface area contributed by atoms with E-state index in [4.69, 9.17) is 9.47 Å². The molecule has 0 unspecified atom stereocenters. The quantitative estimate of drug-likeness (QED) is 0.501. The predicted molar refractivity (Wildman–Crippen MR) is 124 cm³/mol. The average molecular weight is 418 g/mol. The second-order valence-electron chi connectivity index (χ2n) is 8.39. The molecule has 1 aromatic rings. The summed E-state index contributed by atoms with van der Waals surface area (Å²) in [6.07, 6.45) is 7.60. The first-order valence-corrected chi connectivity index (χ1v) is 11.3. The summed E-state index contributed by atoms with van der Waals surface area (Å²) in [6.45, 7) is 3.97. The minimum absolute atomic E-state index is 0.438. The van der Waals surface area contributed by atoms with Gasteiger partial charge in [0.1, 0.15) is 11.5 Å². The number of guanidine groups is 1. The zero-order chi connectivity index (χ0) is 21.3. The fraction of sp³-hybridized carbons (Fsp3) is 0.696. The lowest BCUT2D eigenvalue weighted by Gasteiger charge is -2.35. The van der Waals surface area contributed by atoms with Crippen molar-refractivity contribution in [3.63, 3.8) is 0 Å². The van der Waals surface area contributed by atoms with E-state index in [0.29, 0.717) is 6.04 Å².